The first-order valence-electron chi connectivity index (χ1n) is 5.94. The number of hydrogen-bond acceptors (Lipinski definition) is 2. The van der Waals surface area contributed by atoms with Crippen molar-refractivity contribution in [3.63, 3.8) is 0 Å². The van der Waals surface area contributed by atoms with Crippen LogP contribution in [0, 0.1) is 19.3 Å². The lowest BCUT2D eigenvalue weighted by Gasteiger charge is -2.30. The summed E-state index contributed by atoms with van der Waals surface area (Å²) in [5, 5.41) is 9.52. The van der Waals surface area contributed by atoms with Crippen molar-refractivity contribution in [3.8, 4) is 0 Å². The molecule has 1 aromatic rings. The molecular weight excluding hydrogens is 198 g/mol. The van der Waals surface area contributed by atoms with Crippen molar-refractivity contribution in [1.82, 2.24) is 0 Å². The van der Waals surface area contributed by atoms with E-state index in [1.54, 1.807) is 0 Å². The molecule has 3 N–H and O–H groups in total. The van der Waals surface area contributed by atoms with Gasteiger partial charge in [-0.25, -0.2) is 0 Å². The summed E-state index contributed by atoms with van der Waals surface area (Å²) in [4.78, 5) is 0. The molecule has 16 heavy (non-hydrogen) atoms. The monoisotopic (exact) mass is 221 g/mol. The second-order valence-corrected chi connectivity index (χ2v) is 4.82. The third-order valence-electron chi connectivity index (χ3n) is 3.59. The normalized spacial score (nSPS) is 14.8. The van der Waals surface area contributed by atoms with Crippen molar-refractivity contribution in [2.24, 2.45) is 11.1 Å². The quantitative estimate of drug-likeness (QED) is 0.800. The highest BCUT2D eigenvalue weighted by Crippen LogP contribution is 2.27. The van der Waals surface area contributed by atoms with Gasteiger partial charge in [0, 0.05) is 12.0 Å². The first kappa shape index (κ1) is 13.2. The predicted molar refractivity (Wildman–Crippen MR) is 68.5 cm³/mol. The predicted octanol–water partition coefficient (Wildman–Crippen LogP) is 2.19. The van der Waals surface area contributed by atoms with Gasteiger partial charge in [0.2, 0.25) is 0 Å². The van der Waals surface area contributed by atoms with Gasteiger partial charge in [0.25, 0.3) is 0 Å². The Hall–Kier alpha value is -0.860. The summed E-state index contributed by atoms with van der Waals surface area (Å²) in [6.07, 6.45) is 1.78. The van der Waals surface area contributed by atoms with Crippen molar-refractivity contribution >= 4 is 0 Å². The van der Waals surface area contributed by atoms with Crippen LogP contribution in [0.4, 0.5) is 0 Å². The molecule has 2 heteroatoms. The Morgan fingerprint density at radius 1 is 1.31 bits per heavy atom. The van der Waals surface area contributed by atoms with E-state index in [4.69, 9.17) is 5.73 Å². The van der Waals surface area contributed by atoms with E-state index in [0.29, 0.717) is 6.54 Å². The van der Waals surface area contributed by atoms with Gasteiger partial charge in [-0.1, -0.05) is 30.7 Å². The van der Waals surface area contributed by atoms with Gasteiger partial charge in [-0.05, 0) is 37.8 Å². The van der Waals surface area contributed by atoms with Crippen molar-refractivity contribution in [2.75, 3.05) is 13.2 Å². The molecule has 0 aromatic heterocycles. The summed E-state index contributed by atoms with van der Waals surface area (Å²) in [6.45, 7) is 7.00. The maximum atomic E-state index is 9.52. The highest BCUT2D eigenvalue weighted by molar-refractivity contribution is 5.31. The summed E-state index contributed by atoms with van der Waals surface area (Å²) in [6, 6.07) is 6.46. The third-order valence-corrected chi connectivity index (χ3v) is 3.59. The molecule has 1 unspecified atom stereocenters. The molecule has 0 heterocycles. The number of aliphatic hydroxyl groups excluding tert-OH is 1. The Bertz CT molecular complexity index is 334. The van der Waals surface area contributed by atoms with Crippen LogP contribution >= 0.6 is 0 Å². The topological polar surface area (TPSA) is 46.2 Å². The molecule has 1 rings (SSSR count). The fourth-order valence-corrected chi connectivity index (χ4v) is 1.97. The smallest absolute Gasteiger partial charge is 0.0502 e. The van der Waals surface area contributed by atoms with Gasteiger partial charge in [-0.3, -0.25) is 0 Å². The highest BCUT2D eigenvalue weighted by Gasteiger charge is 2.26. The van der Waals surface area contributed by atoms with Gasteiger partial charge in [0.05, 0.1) is 6.61 Å². The first-order valence-corrected chi connectivity index (χ1v) is 5.94. The van der Waals surface area contributed by atoms with Gasteiger partial charge in [0.1, 0.15) is 0 Å². The molecule has 0 saturated carbocycles. The number of nitrogens with two attached hydrogens (primary N) is 1. The number of aliphatic hydroxyl groups is 1. The third kappa shape index (κ3) is 2.83. The molecule has 0 bridgehead atoms. The van der Waals surface area contributed by atoms with Crippen molar-refractivity contribution in [1.29, 1.82) is 0 Å². The van der Waals surface area contributed by atoms with Gasteiger partial charge >= 0.3 is 0 Å². The largest absolute Gasteiger partial charge is 0.396 e. The lowest BCUT2D eigenvalue weighted by Crippen LogP contribution is -2.36. The Balaban J connectivity index is 2.97. The minimum atomic E-state index is -0.154. The van der Waals surface area contributed by atoms with Crippen molar-refractivity contribution in [2.45, 2.75) is 33.6 Å². The Morgan fingerprint density at radius 2 is 2.00 bits per heavy atom. The Labute approximate surface area is 98.5 Å². The second kappa shape index (κ2) is 5.46. The average molecular weight is 221 g/mol. The summed E-state index contributed by atoms with van der Waals surface area (Å²) in [5.41, 5.74) is 9.50. The number of rotatable bonds is 5. The summed E-state index contributed by atoms with van der Waals surface area (Å²) in [7, 11) is 0. The van der Waals surface area contributed by atoms with Crippen LogP contribution in [-0.4, -0.2) is 18.3 Å². The van der Waals surface area contributed by atoms with Crippen LogP contribution < -0.4 is 5.73 Å². The minimum absolute atomic E-state index is 0.154. The molecule has 2 nitrogen and oxygen atoms in total. The molecule has 0 fully saturated rings. The van der Waals surface area contributed by atoms with E-state index >= 15 is 0 Å². The summed E-state index contributed by atoms with van der Waals surface area (Å²) in [5.74, 6) is 0. The molecule has 0 aliphatic carbocycles. The molecule has 0 aliphatic heterocycles. The van der Waals surface area contributed by atoms with Gasteiger partial charge in [0.15, 0.2) is 0 Å². The molecule has 1 atom stereocenters. The van der Waals surface area contributed by atoms with E-state index in [1.165, 1.54) is 16.7 Å². The van der Waals surface area contributed by atoms with E-state index in [9.17, 15) is 5.11 Å². The van der Waals surface area contributed by atoms with E-state index in [2.05, 4.69) is 39.0 Å². The van der Waals surface area contributed by atoms with E-state index in [0.717, 1.165) is 12.8 Å². The zero-order chi connectivity index (χ0) is 12.2. The summed E-state index contributed by atoms with van der Waals surface area (Å²) >= 11 is 0. The van der Waals surface area contributed by atoms with Crippen LogP contribution in [0.1, 0.15) is 30.0 Å². The van der Waals surface area contributed by atoms with E-state index in [-0.39, 0.29) is 12.0 Å². The van der Waals surface area contributed by atoms with E-state index < -0.39 is 0 Å². The fraction of sp³-hybridized carbons (Fsp3) is 0.571. The van der Waals surface area contributed by atoms with E-state index in [1.807, 2.05) is 0 Å². The maximum absolute atomic E-state index is 9.52. The summed E-state index contributed by atoms with van der Waals surface area (Å²) < 4.78 is 0. The highest BCUT2D eigenvalue weighted by atomic mass is 16.3. The number of aryl methyl sites for hydroxylation is 2. The molecule has 0 aliphatic rings. The first-order chi connectivity index (χ1) is 7.56. The molecular formula is C14H23NO. The van der Waals surface area contributed by atoms with Crippen LogP contribution in [0.3, 0.4) is 0 Å². The molecule has 1 aromatic carbocycles. The second-order valence-electron chi connectivity index (χ2n) is 4.82. The fourth-order valence-electron chi connectivity index (χ4n) is 1.97. The van der Waals surface area contributed by atoms with Gasteiger partial charge in [-0.15, -0.1) is 0 Å². The zero-order valence-corrected chi connectivity index (χ0v) is 10.6. The molecule has 90 valence electrons. The van der Waals surface area contributed by atoms with Crippen LogP contribution in [0.2, 0.25) is 0 Å². The van der Waals surface area contributed by atoms with Crippen LogP contribution in [-0.2, 0) is 6.42 Å². The SMILES string of the molecule is CCC(CN)(CO)Cc1cc(C)ccc1C. The van der Waals surface area contributed by atoms with Crippen molar-refractivity contribution < 1.29 is 5.11 Å². The van der Waals surface area contributed by atoms with Crippen LogP contribution in [0.5, 0.6) is 0 Å². The lowest BCUT2D eigenvalue weighted by molar-refractivity contribution is 0.127. The lowest BCUT2D eigenvalue weighted by atomic mass is 9.79. The average Bonchev–Trinajstić information content (AvgIpc) is 2.31. The minimum Gasteiger partial charge on any atom is -0.396 e. The standard InChI is InChI=1S/C14H23NO/c1-4-14(9-15,10-16)8-13-7-11(2)5-6-12(13)3/h5-7,16H,4,8-10,15H2,1-3H3. The number of benzene rings is 1. The van der Waals surface area contributed by atoms with Crippen LogP contribution in [0.25, 0.3) is 0 Å². The molecule has 0 saturated heterocycles. The van der Waals surface area contributed by atoms with Gasteiger partial charge < -0.3 is 10.8 Å². The Morgan fingerprint density at radius 3 is 2.50 bits per heavy atom. The maximum Gasteiger partial charge on any atom is 0.0502 e. The van der Waals surface area contributed by atoms with Crippen molar-refractivity contribution in [3.05, 3.63) is 34.9 Å². The molecule has 0 amide bonds. The number of hydrogen-bond donors (Lipinski definition) is 2. The molecule has 0 radical (unpaired) electrons. The molecule has 0 spiro atoms. The van der Waals surface area contributed by atoms with Crippen LogP contribution in [0.15, 0.2) is 18.2 Å². The zero-order valence-electron chi connectivity index (χ0n) is 10.6. The van der Waals surface area contributed by atoms with Gasteiger partial charge in [-0.2, -0.15) is 0 Å². The Kier molecular flexibility index (Phi) is 4.51.